The third-order valence-corrected chi connectivity index (χ3v) is 3.91. The number of hydrogen-bond acceptors (Lipinski definition) is 2. The minimum Gasteiger partial charge on any atom is -0.284 e. The van der Waals surface area contributed by atoms with Gasteiger partial charge < -0.3 is 0 Å². The van der Waals surface area contributed by atoms with Gasteiger partial charge in [0, 0.05) is 15.9 Å². The quantitative estimate of drug-likeness (QED) is 0.599. The zero-order chi connectivity index (χ0) is 13.6. The lowest BCUT2D eigenvalue weighted by Crippen LogP contribution is -2.39. The van der Waals surface area contributed by atoms with E-state index in [0.717, 1.165) is 38.7 Å². The number of rotatable bonds is 0. The molecule has 0 bridgehead atoms. The molecule has 0 spiro atoms. The van der Waals surface area contributed by atoms with E-state index in [1.54, 1.807) is 0 Å². The molecule has 1 heterocycles. The summed E-state index contributed by atoms with van der Waals surface area (Å²) in [6.45, 7) is 2.02. The molecule has 19 heavy (non-hydrogen) atoms. The SMILES string of the molecule is Cc1ccc2c(c1)CCc1cc(Br)c[n+](O)c1C2=O. The highest BCUT2D eigenvalue weighted by molar-refractivity contribution is 9.10. The predicted octanol–water partition coefficient (Wildman–Crippen LogP) is 2.61. The highest BCUT2D eigenvalue weighted by Gasteiger charge is 2.31. The van der Waals surface area contributed by atoms with E-state index in [-0.39, 0.29) is 5.78 Å². The number of carbonyl (C=O) groups is 1. The maximum Gasteiger partial charge on any atom is 0.308 e. The van der Waals surface area contributed by atoms with Gasteiger partial charge in [-0.2, -0.15) is 0 Å². The molecule has 0 atom stereocenters. The van der Waals surface area contributed by atoms with Crippen LogP contribution >= 0.6 is 15.9 Å². The second-order valence-corrected chi connectivity index (χ2v) is 5.78. The summed E-state index contributed by atoms with van der Waals surface area (Å²) < 4.78 is 1.69. The van der Waals surface area contributed by atoms with E-state index < -0.39 is 0 Å². The van der Waals surface area contributed by atoms with Gasteiger partial charge in [-0.3, -0.25) is 10.0 Å². The van der Waals surface area contributed by atoms with Crippen LogP contribution < -0.4 is 4.73 Å². The molecule has 1 N–H and O–H groups in total. The Balaban J connectivity index is 2.23. The Kier molecular flexibility index (Phi) is 2.90. The molecule has 0 saturated carbocycles. The second-order valence-electron chi connectivity index (χ2n) is 4.87. The van der Waals surface area contributed by atoms with Crippen LogP contribution in [0.25, 0.3) is 0 Å². The summed E-state index contributed by atoms with van der Waals surface area (Å²) in [5.74, 6) is -0.113. The van der Waals surface area contributed by atoms with E-state index in [1.807, 2.05) is 25.1 Å². The van der Waals surface area contributed by atoms with Crippen LogP contribution in [0.5, 0.6) is 0 Å². The van der Waals surface area contributed by atoms with E-state index in [4.69, 9.17) is 0 Å². The van der Waals surface area contributed by atoms with Gasteiger partial charge in [0.25, 0.3) is 5.78 Å². The van der Waals surface area contributed by atoms with Crippen molar-refractivity contribution in [2.45, 2.75) is 19.8 Å². The number of fused-ring (bicyclic) bond motifs is 2. The molecular weight excluding hydrogens is 306 g/mol. The molecule has 96 valence electrons. The number of pyridine rings is 1. The van der Waals surface area contributed by atoms with E-state index in [2.05, 4.69) is 22.0 Å². The van der Waals surface area contributed by atoms with E-state index in [9.17, 15) is 10.0 Å². The Morgan fingerprint density at radius 1 is 1.21 bits per heavy atom. The molecule has 0 radical (unpaired) electrons. The molecule has 0 saturated heterocycles. The van der Waals surface area contributed by atoms with Crippen molar-refractivity contribution in [1.29, 1.82) is 0 Å². The fraction of sp³-hybridized carbons (Fsp3) is 0.200. The fourth-order valence-corrected chi connectivity index (χ4v) is 3.06. The minimum atomic E-state index is -0.113. The number of nitrogens with zero attached hydrogens (tertiary/aromatic N) is 1. The van der Waals surface area contributed by atoms with Crippen LogP contribution in [0.4, 0.5) is 0 Å². The fourth-order valence-electron chi connectivity index (χ4n) is 2.59. The highest BCUT2D eigenvalue weighted by atomic mass is 79.9. The van der Waals surface area contributed by atoms with Crippen molar-refractivity contribution in [3.63, 3.8) is 0 Å². The van der Waals surface area contributed by atoms with Gasteiger partial charge in [-0.25, -0.2) is 0 Å². The lowest BCUT2D eigenvalue weighted by atomic mass is 9.99. The number of benzene rings is 1. The molecule has 0 amide bonds. The minimum absolute atomic E-state index is 0.113. The van der Waals surface area contributed by atoms with Gasteiger partial charge in [-0.15, -0.1) is 0 Å². The van der Waals surface area contributed by atoms with E-state index in [1.165, 1.54) is 6.20 Å². The number of aryl methyl sites for hydroxylation is 3. The average molecular weight is 319 g/mol. The summed E-state index contributed by atoms with van der Waals surface area (Å²) in [4.78, 5) is 12.6. The number of aromatic nitrogens is 1. The Morgan fingerprint density at radius 3 is 2.74 bits per heavy atom. The zero-order valence-electron chi connectivity index (χ0n) is 10.5. The first-order chi connectivity index (χ1) is 9.06. The number of halogens is 1. The number of carbonyl (C=O) groups excluding carboxylic acids is 1. The Morgan fingerprint density at radius 2 is 1.95 bits per heavy atom. The van der Waals surface area contributed by atoms with Gasteiger partial charge in [0.15, 0.2) is 0 Å². The van der Waals surface area contributed by atoms with Gasteiger partial charge in [0.1, 0.15) is 0 Å². The summed E-state index contributed by atoms with van der Waals surface area (Å²) in [6.07, 6.45) is 3.06. The second kappa shape index (κ2) is 4.46. The Hall–Kier alpha value is -1.68. The Bertz CT molecular complexity index is 695. The number of hydrogen-bond donors (Lipinski definition) is 1. The average Bonchev–Trinajstić information content (AvgIpc) is 2.47. The van der Waals surface area contributed by atoms with Gasteiger partial charge in [0.05, 0.1) is 4.47 Å². The molecular formula is C15H13BrNO2+. The van der Waals surface area contributed by atoms with Gasteiger partial charge >= 0.3 is 5.69 Å². The van der Waals surface area contributed by atoms with Crippen LogP contribution in [-0.4, -0.2) is 11.0 Å². The van der Waals surface area contributed by atoms with Gasteiger partial charge in [0.2, 0.25) is 6.20 Å². The molecule has 1 aromatic heterocycles. The molecule has 2 aromatic rings. The maximum absolute atomic E-state index is 12.6. The summed E-state index contributed by atoms with van der Waals surface area (Å²) in [6, 6.07) is 7.74. The molecule has 4 heteroatoms. The van der Waals surface area contributed by atoms with Crippen molar-refractivity contribution >= 4 is 21.7 Å². The van der Waals surface area contributed by atoms with Crippen molar-refractivity contribution < 1.29 is 14.7 Å². The third kappa shape index (κ3) is 2.06. The van der Waals surface area contributed by atoms with Crippen molar-refractivity contribution in [3.05, 3.63) is 62.9 Å². The molecule has 1 aliphatic carbocycles. The summed E-state index contributed by atoms with van der Waals surface area (Å²) in [5, 5.41) is 9.98. The van der Waals surface area contributed by atoms with Crippen molar-refractivity contribution in [3.8, 4) is 0 Å². The molecule has 3 nitrogen and oxygen atoms in total. The lowest BCUT2D eigenvalue weighted by molar-refractivity contribution is -0.906. The monoisotopic (exact) mass is 318 g/mol. The first kappa shape index (κ1) is 12.4. The van der Waals surface area contributed by atoms with E-state index in [0.29, 0.717) is 11.3 Å². The highest BCUT2D eigenvalue weighted by Crippen LogP contribution is 2.24. The summed E-state index contributed by atoms with van der Waals surface area (Å²) in [5.41, 5.74) is 4.13. The van der Waals surface area contributed by atoms with Crippen LogP contribution in [0.3, 0.4) is 0 Å². The van der Waals surface area contributed by atoms with Crippen LogP contribution in [0.15, 0.2) is 34.9 Å². The van der Waals surface area contributed by atoms with Crippen LogP contribution in [0, 0.1) is 6.92 Å². The van der Waals surface area contributed by atoms with Gasteiger partial charge in [-0.1, -0.05) is 23.8 Å². The van der Waals surface area contributed by atoms with Crippen molar-refractivity contribution in [2.24, 2.45) is 0 Å². The number of ketones is 1. The normalized spacial score (nSPS) is 13.7. The van der Waals surface area contributed by atoms with Crippen molar-refractivity contribution in [1.82, 2.24) is 0 Å². The lowest BCUT2D eigenvalue weighted by Gasteiger charge is -2.04. The molecule has 0 unspecified atom stereocenters. The first-order valence-electron chi connectivity index (χ1n) is 6.14. The first-order valence-corrected chi connectivity index (χ1v) is 6.93. The van der Waals surface area contributed by atoms with Crippen LogP contribution in [-0.2, 0) is 12.8 Å². The maximum atomic E-state index is 12.6. The smallest absolute Gasteiger partial charge is 0.284 e. The molecule has 3 rings (SSSR count). The summed E-state index contributed by atoms with van der Waals surface area (Å²) >= 11 is 3.34. The third-order valence-electron chi connectivity index (χ3n) is 3.48. The van der Waals surface area contributed by atoms with Gasteiger partial charge in [-0.05, 0) is 47.3 Å². The van der Waals surface area contributed by atoms with E-state index >= 15 is 0 Å². The molecule has 1 aliphatic rings. The molecule has 0 fully saturated rings. The van der Waals surface area contributed by atoms with Crippen LogP contribution in [0.1, 0.15) is 32.7 Å². The summed E-state index contributed by atoms with van der Waals surface area (Å²) in [7, 11) is 0. The zero-order valence-corrected chi connectivity index (χ0v) is 12.1. The molecule has 0 aliphatic heterocycles. The predicted molar refractivity (Wildman–Crippen MR) is 73.5 cm³/mol. The van der Waals surface area contributed by atoms with Crippen LogP contribution in [0.2, 0.25) is 0 Å². The standard InChI is InChI=1S/C15H13BrNO2/c1-9-2-5-13-10(6-9)3-4-11-7-12(16)8-17(19)14(11)15(13)18/h2,5-8,19H,3-4H2,1H3/q+1. The topological polar surface area (TPSA) is 41.2 Å². The Labute approximate surface area is 119 Å². The van der Waals surface area contributed by atoms with Crippen molar-refractivity contribution in [2.75, 3.05) is 0 Å². The molecule has 1 aromatic carbocycles. The largest absolute Gasteiger partial charge is 0.308 e.